The summed E-state index contributed by atoms with van der Waals surface area (Å²) in [5.41, 5.74) is -0.417. The Morgan fingerprint density at radius 3 is 2.72 bits per heavy atom. The normalized spacial score (nSPS) is 12.1. The fourth-order valence-corrected chi connectivity index (χ4v) is 1.71. The Kier molecular flexibility index (Phi) is 5.02. The Morgan fingerprint density at radius 1 is 1.50 bits per heavy atom. The number of hydrogen-bond donors (Lipinski definition) is 0. The Bertz CT molecular complexity index is 397. The molecule has 0 spiro atoms. The SMILES string of the molecule is COC(C)(C)CC(=O)Cc1ncnn1CC(C)C. The average molecular weight is 253 g/mol. The molecule has 1 heterocycles. The standard InChI is InChI=1S/C13H23N3O2/c1-10(2)8-16-12(14-9-15-16)6-11(17)7-13(3,4)18-5/h9-10H,6-8H2,1-5H3. The van der Waals surface area contributed by atoms with Crippen LogP contribution in [0.4, 0.5) is 0 Å². The zero-order valence-corrected chi connectivity index (χ0v) is 11.9. The van der Waals surface area contributed by atoms with Crippen molar-refractivity contribution in [3.63, 3.8) is 0 Å². The lowest BCUT2D eigenvalue weighted by Crippen LogP contribution is -2.27. The molecule has 0 N–H and O–H groups in total. The third kappa shape index (κ3) is 4.56. The van der Waals surface area contributed by atoms with Gasteiger partial charge in [0.25, 0.3) is 0 Å². The summed E-state index contributed by atoms with van der Waals surface area (Å²) in [5, 5.41) is 4.15. The molecule has 0 radical (unpaired) electrons. The maximum atomic E-state index is 12.0. The minimum Gasteiger partial charge on any atom is -0.378 e. The molecule has 0 saturated heterocycles. The Labute approximate surface area is 109 Å². The van der Waals surface area contributed by atoms with E-state index in [-0.39, 0.29) is 5.78 Å². The van der Waals surface area contributed by atoms with E-state index >= 15 is 0 Å². The van der Waals surface area contributed by atoms with Gasteiger partial charge in [-0.1, -0.05) is 13.8 Å². The number of carbonyl (C=O) groups excluding carboxylic acids is 1. The van der Waals surface area contributed by atoms with Crippen molar-refractivity contribution in [3.8, 4) is 0 Å². The lowest BCUT2D eigenvalue weighted by atomic mass is 10.00. The van der Waals surface area contributed by atoms with E-state index in [1.807, 2.05) is 18.5 Å². The van der Waals surface area contributed by atoms with Crippen LogP contribution in [0.5, 0.6) is 0 Å². The first-order chi connectivity index (χ1) is 8.34. The second kappa shape index (κ2) is 6.09. The van der Waals surface area contributed by atoms with Crippen molar-refractivity contribution in [2.24, 2.45) is 5.92 Å². The highest BCUT2D eigenvalue weighted by Gasteiger charge is 2.22. The summed E-state index contributed by atoms with van der Waals surface area (Å²) in [6.45, 7) is 8.83. The van der Waals surface area contributed by atoms with Gasteiger partial charge in [-0.15, -0.1) is 0 Å². The minimum absolute atomic E-state index is 0.125. The van der Waals surface area contributed by atoms with Crippen molar-refractivity contribution in [2.75, 3.05) is 7.11 Å². The van der Waals surface area contributed by atoms with E-state index in [1.165, 1.54) is 6.33 Å². The number of rotatable bonds is 7. The second-order valence-electron chi connectivity index (χ2n) is 5.61. The van der Waals surface area contributed by atoms with Crippen molar-refractivity contribution in [3.05, 3.63) is 12.2 Å². The van der Waals surface area contributed by atoms with Crippen LogP contribution in [0.1, 0.15) is 39.9 Å². The zero-order chi connectivity index (χ0) is 13.8. The van der Waals surface area contributed by atoms with Crippen LogP contribution in [0.25, 0.3) is 0 Å². The zero-order valence-electron chi connectivity index (χ0n) is 11.9. The van der Waals surface area contributed by atoms with Gasteiger partial charge in [-0.05, 0) is 19.8 Å². The summed E-state index contributed by atoms with van der Waals surface area (Å²) >= 11 is 0. The largest absolute Gasteiger partial charge is 0.378 e. The number of carbonyl (C=O) groups is 1. The van der Waals surface area contributed by atoms with Crippen LogP contribution in [-0.2, 0) is 22.5 Å². The van der Waals surface area contributed by atoms with Gasteiger partial charge >= 0.3 is 0 Å². The average Bonchev–Trinajstić information content (AvgIpc) is 2.64. The second-order valence-corrected chi connectivity index (χ2v) is 5.61. The number of nitrogens with zero attached hydrogens (tertiary/aromatic N) is 3. The molecule has 5 nitrogen and oxygen atoms in total. The molecule has 1 aromatic heterocycles. The number of ether oxygens (including phenoxy) is 1. The summed E-state index contributed by atoms with van der Waals surface area (Å²) in [6.07, 6.45) is 2.21. The maximum Gasteiger partial charge on any atom is 0.143 e. The molecular formula is C13H23N3O2. The Balaban J connectivity index is 2.62. The van der Waals surface area contributed by atoms with Gasteiger partial charge in [0.05, 0.1) is 12.0 Å². The molecule has 0 unspecified atom stereocenters. The van der Waals surface area contributed by atoms with E-state index in [4.69, 9.17) is 4.74 Å². The quantitative estimate of drug-likeness (QED) is 0.744. The van der Waals surface area contributed by atoms with Crippen molar-refractivity contribution < 1.29 is 9.53 Å². The molecule has 18 heavy (non-hydrogen) atoms. The molecule has 102 valence electrons. The van der Waals surface area contributed by atoms with E-state index < -0.39 is 5.60 Å². The van der Waals surface area contributed by atoms with Crippen LogP contribution in [0, 0.1) is 5.92 Å². The van der Waals surface area contributed by atoms with Crippen LogP contribution < -0.4 is 0 Å². The molecule has 0 atom stereocenters. The first kappa shape index (κ1) is 14.8. The summed E-state index contributed by atoms with van der Waals surface area (Å²) in [4.78, 5) is 16.1. The van der Waals surface area contributed by atoms with Crippen molar-refractivity contribution in [1.82, 2.24) is 14.8 Å². The van der Waals surface area contributed by atoms with E-state index in [9.17, 15) is 4.79 Å². The van der Waals surface area contributed by atoms with Crippen LogP contribution in [0.3, 0.4) is 0 Å². The highest BCUT2D eigenvalue weighted by molar-refractivity contribution is 5.81. The van der Waals surface area contributed by atoms with Crippen molar-refractivity contribution in [1.29, 1.82) is 0 Å². The van der Waals surface area contributed by atoms with E-state index in [2.05, 4.69) is 23.9 Å². The smallest absolute Gasteiger partial charge is 0.143 e. The molecule has 0 amide bonds. The number of ketones is 1. The van der Waals surface area contributed by atoms with Gasteiger partial charge in [-0.25, -0.2) is 9.67 Å². The van der Waals surface area contributed by atoms with Crippen LogP contribution >= 0.6 is 0 Å². The van der Waals surface area contributed by atoms with E-state index in [1.54, 1.807) is 7.11 Å². The molecule has 0 fully saturated rings. The molecule has 0 aliphatic heterocycles. The third-order valence-corrected chi connectivity index (χ3v) is 2.76. The number of hydrogen-bond acceptors (Lipinski definition) is 4. The third-order valence-electron chi connectivity index (χ3n) is 2.76. The van der Waals surface area contributed by atoms with Gasteiger partial charge in [-0.2, -0.15) is 5.10 Å². The molecule has 1 rings (SSSR count). The molecular weight excluding hydrogens is 230 g/mol. The predicted octanol–water partition coefficient (Wildman–Crippen LogP) is 1.86. The molecule has 0 bridgehead atoms. The van der Waals surface area contributed by atoms with Gasteiger partial charge < -0.3 is 4.74 Å². The van der Waals surface area contributed by atoms with Gasteiger partial charge in [0.15, 0.2) is 0 Å². The monoisotopic (exact) mass is 253 g/mol. The molecule has 0 aliphatic carbocycles. The number of Topliss-reactive ketones (excluding diaryl/α,β-unsaturated/α-hetero) is 1. The first-order valence-corrected chi connectivity index (χ1v) is 6.27. The predicted molar refractivity (Wildman–Crippen MR) is 69.3 cm³/mol. The highest BCUT2D eigenvalue weighted by Crippen LogP contribution is 2.14. The van der Waals surface area contributed by atoms with E-state index in [0.29, 0.717) is 18.8 Å². The molecule has 5 heteroatoms. The van der Waals surface area contributed by atoms with Crippen LogP contribution in [-0.4, -0.2) is 33.3 Å². The summed E-state index contributed by atoms with van der Waals surface area (Å²) in [7, 11) is 1.62. The van der Waals surface area contributed by atoms with Gasteiger partial charge in [-0.3, -0.25) is 4.79 Å². The van der Waals surface area contributed by atoms with E-state index in [0.717, 1.165) is 12.4 Å². The van der Waals surface area contributed by atoms with Crippen LogP contribution in [0.15, 0.2) is 6.33 Å². The topological polar surface area (TPSA) is 57.0 Å². The summed E-state index contributed by atoms with van der Waals surface area (Å²) in [5.74, 6) is 1.34. The fraction of sp³-hybridized carbons (Fsp3) is 0.769. The maximum absolute atomic E-state index is 12.0. The lowest BCUT2D eigenvalue weighted by Gasteiger charge is -2.21. The molecule has 0 saturated carbocycles. The molecule has 0 aliphatic rings. The Morgan fingerprint density at radius 2 is 2.17 bits per heavy atom. The van der Waals surface area contributed by atoms with Crippen LogP contribution in [0.2, 0.25) is 0 Å². The van der Waals surface area contributed by atoms with Gasteiger partial charge in [0.1, 0.15) is 17.9 Å². The lowest BCUT2D eigenvalue weighted by molar-refractivity contribution is -0.123. The number of aromatic nitrogens is 3. The van der Waals surface area contributed by atoms with Crippen molar-refractivity contribution in [2.45, 2.75) is 52.7 Å². The number of methoxy groups -OCH3 is 1. The van der Waals surface area contributed by atoms with Crippen molar-refractivity contribution >= 4 is 5.78 Å². The summed E-state index contributed by atoms with van der Waals surface area (Å²) in [6, 6.07) is 0. The molecule has 0 aromatic carbocycles. The fourth-order valence-electron chi connectivity index (χ4n) is 1.71. The molecule has 1 aromatic rings. The minimum atomic E-state index is -0.417. The van der Waals surface area contributed by atoms with Gasteiger partial charge in [0, 0.05) is 20.1 Å². The Hall–Kier alpha value is -1.23. The first-order valence-electron chi connectivity index (χ1n) is 6.27. The highest BCUT2D eigenvalue weighted by atomic mass is 16.5. The van der Waals surface area contributed by atoms with Gasteiger partial charge in [0.2, 0.25) is 0 Å². The summed E-state index contributed by atoms with van der Waals surface area (Å²) < 4.78 is 7.07.